The van der Waals surface area contributed by atoms with Crippen molar-refractivity contribution in [1.82, 2.24) is 4.57 Å². The largest absolute Gasteiger partial charge is 0.304 e. The first-order chi connectivity index (χ1) is 13.2. The molecule has 0 bridgehead atoms. The van der Waals surface area contributed by atoms with Gasteiger partial charge in [-0.1, -0.05) is 71.9 Å². The Morgan fingerprint density at radius 1 is 1.11 bits per heavy atom. The van der Waals surface area contributed by atoms with Crippen molar-refractivity contribution < 1.29 is 4.79 Å². The highest BCUT2D eigenvalue weighted by atomic mass is 32.1. The second kappa shape index (κ2) is 7.22. The van der Waals surface area contributed by atoms with E-state index in [9.17, 15) is 4.79 Å². The Kier molecular flexibility index (Phi) is 4.62. The number of amides is 1. The van der Waals surface area contributed by atoms with Crippen LogP contribution in [0, 0.1) is 19.3 Å². The number of nitrogens with zero attached hydrogens (tertiary/aromatic N) is 2. The van der Waals surface area contributed by atoms with Crippen molar-refractivity contribution >= 4 is 38.2 Å². The molecule has 0 saturated heterocycles. The molecule has 27 heavy (non-hydrogen) atoms. The van der Waals surface area contributed by atoms with Crippen LogP contribution in [0.25, 0.3) is 21.0 Å². The lowest BCUT2D eigenvalue weighted by molar-refractivity contribution is -0.117. The molecule has 3 nitrogen and oxygen atoms in total. The van der Waals surface area contributed by atoms with Gasteiger partial charge in [0.2, 0.25) is 0 Å². The van der Waals surface area contributed by atoms with E-state index in [1.165, 1.54) is 11.3 Å². The Bertz CT molecular complexity index is 1270. The van der Waals surface area contributed by atoms with Crippen molar-refractivity contribution in [3.63, 3.8) is 0 Å². The monoisotopic (exact) mass is 370 g/mol. The first-order valence-electron chi connectivity index (χ1n) is 8.74. The number of thiazole rings is 1. The van der Waals surface area contributed by atoms with Crippen LogP contribution in [0.3, 0.4) is 0 Å². The molecule has 0 atom stereocenters. The molecule has 0 radical (unpaired) electrons. The standard InChI is InChI=1S/C23H18N2OS/c1-3-14-25-22-16(2)8-6-13-20(22)27-23(25)24-21(26)15-18-11-7-10-17-9-4-5-12-19(17)18/h1,4-13H,14-15H2,2H3. The van der Waals surface area contributed by atoms with Gasteiger partial charge in [-0.05, 0) is 34.9 Å². The van der Waals surface area contributed by atoms with Crippen molar-refractivity contribution in [3.05, 3.63) is 76.6 Å². The Hall–Kier alpha value is -3.16. The summed E-state index contributed by atoms with van der Waals surface area (Å²) in [5, 5.41) is 2.22. The number of benzene rings is 3. The third-order valence-corrected chi connectivity index (χ3v) is 5.64. The smallest absolute Gasteiger partial charge is 0.252 e. The molecule has 0 aliphatic heterocycles. The minimum Gasteiger partial charge on any atom is -0.304 e. The number of hydrogen-bond acceptors (Lipinski definition) is 2. The van der Waals surface area contributed by atoms with Crippen LogP contribution in [0.4, 0.5) is 0 Å². The van der Waals surface area contributed by atoms with Crippen LogP contribution in [0.15, 0.2) is 65.7 Å². The predicted octanol–water partition coefficient (Wildman–Crippen LogP) is 4.47. The first kappa shape index (κ1) is 17.3. The third kappa shape index (κ3) is 3.30. The average molecular weight is 370 g/mol. The van der Waals surface area contributed by atoms with Crippen LogP contribution >= 0.6 is 11.3 Å². The number of carbonyl (C=O) groups is 1. The number of hydrogen-bond donors (Lipinski definition) is 0. The molecule has 0 spiro atoms. The van der Waals surface area contributed by atoms with E-state index in [4.69, 9.17) is 6.42 Å². The highest BCUT2D eigenvalue weighted by Crippen LogP contribution is 2.21. The topological polar surface area (TPSA) is 34.4 Å². The Labute approximate surface area is 161 Å². The van der Waals surface area contributed by atoms with Crippen molar-refractivity contribution in [2.24, 2.45) is 4.99 Å². The summed E-state index contributed by atoms with van der Waals surface area (Å²) < 4.78 is 3.04. The summed E-state index contributed by atoms with van der Waals surface area (Å²) in [6.45, 7) is 2.44. The highest BCUT2D eigenvalue weighted by Gasteiger charge is 2.10. The van der Waals surface area contributed by atoms with Gasteiger partial charge in [0.1, 0.15) is 0 Å². The normalized spacial score (nSPS) is 11.8. The fourth-order valence-electron chi connectivity index (χ4n) is 3.39. The summed E-state index contributed by atoms with van der Waals surface area (Å²) in [5.41, 5.74) is 3.17. The molecule has 0 saturated carbocycles. The van der Waals surface area contributed by atoms with Gasteiger partial charge in [0.05, 0.1) is 23.2 Å². The molecule has 0 aliphatic carbocycles. The minimum atomic E-state index is -0.165. The molecule has 3 aromatic carbocycles. The fraction of sp³-hybridized carbons (Fsp3) is 0.130. The van der Waals surface area contributed by atoms with E-state index in [2.05, 4.69) is 23.0 Å². The Morgan fingerprint density at radius 2 is 1.89 bits per heavy atom. The summed E-state index contributed by atoms with van der Waals surface area (Å²) in [4.78, 5) is 17.8. The van der Waals surface area contributed by atoms with E-state index in [1.807, 2.05) is 60.0 Å². The van der Waals surface area contributed by atoms with Gasteiger partial charge in [0.15, 0.2) is 4.80 Å². The molecule has 4 aromatic rings. The van der Waals surface area contributed by atoms with Gasteiger partial charge < -0.3 is 4.57 Å². The zero-order valence-corrected chi connectivity index (χ0v) is 15.8. The van der Waals surface area contributed by atoms with Gasteiger partial charge in [-0.15, -0.1) is 6.42 Å². The number of carbonyl (C=O) groups excluding carboxylic acids is 1. The van der Waals surface area contributed by atoms with Crippen LogP contribution in [-0.4, -0.2) is 10.5 Å². The summed E-state index contributed by atoms with van der Waals surface area (Å²) in [5.74, 6) is 2.51. The molecule has 1 amide bonds. The van der Waals surface area contributed by atoms with E-state index in [0.717, 1.165) is 32.1 Å². The maximum Gasteiger partial charge on any atom is 0.252 e. The van der Waals surface area contributed by atoms with E-state index >= 15 is 0 Å². The van der Waals surface area contributed by atoms with Gasteiger partial charge in [-0.2, -0.15) is 4.99 Å². The number of para-hydroxylation sites is 1. The number of aryl methyl sites for hydroxylation is 1. The number of fused-ring (bicyclic) bond motifs is 2. The maximum atomic E-state index is 12.7. The molecule has 0 aliphatic rings. The van der Waals surface area contributed by atoms with Crippen molar-refractivity contribution in [1.29, 1.82) is 0 Å². The number of rotatable bonds is 3. The van der Waals surface area contributed by atoms with Gasteiger partial charge in [0.25, 0.3) is 5.91 Å². The van der Waals surface area contributed by atoms with Crippen LogP contribution in [0.5, 0.6) is 0 Å². The molecule has 4 heteroatoms. The van der Waals surface area contributed by atoms with Crippen molar-refractivity contribution in [2.45, 2.75) is 19.9 Å². The maximum absolute atomic E-state index is 12.7. The molecular formula is C23H18N2OS. The second-order valence-corrected chi connectivity index (χ2v) is 7.43. The lowest BCUT2D eigenvalue weighted by Crippen LogP contribution is -2.17. The zero-order valence-electron chi connectivity index (χ0n) is 15.0. The summed E-state index contributed by atoms with van der Waals surface area (Å²) in [7, 11) is 0. The predicted molar refractivity (Wildman–Crippen MR) is 112 cm³/mol. The zero-order chi connectivity index (χ0) is 18.8. The molecular weight excluding hydrogens is 352 g/mol. The number of terminal acetylenes is 1. The third-order valence-electron chi connectivity index (χ3n) is 4.59. The molecule has 0 fully saturated rings. The Morgan fingerprint density at radius 3 is 2.74 bits per heavy atom. The molecule has 0 unspecified atom stereocenters. The van der Waals surface area contributed by atoms with Gasteiger partial charge in [0, 0.05) is 0 Å². The first-order valence-corrected chi connectivity index (χ1v) is 9.55. The average Bonchev–Trinajstić information content (AvgIpc) is 3.01. The lowest BCUT2D eigenvalue weighted by atomic mass is 10.0. The van der Waals surface area contributed by atoms with Gasteiger partial charge in [-0.25, -0.2) is 0 Å². The number of aromatic nitrogens is 1. The van der Waals surface area contributed by atoms with Crippen LogP contribution in [0.2, 0.25) is 0 Å². The molecule has 0 N–H and O–H groups in total. The van der Waals surface area contributed by atoms with Crippen molar-refractivity contribution in [2.75, 3.05) is 0 Å². The van der Waals surface area contributed by atoms with E-state index in [0.29, 0.717) is 11.3 Å². The quantitative estimate of drug-likeness (QED) is 0.490. The fourth-order valence-corrected chi connectivity index (χ4v) is 4.51. The van der Waals surface area contributed by atoms with Crippen LogP contribution < -0.4 is 4.80 Å². The molecule has 132 valence electrons. The van der Waals surface area contributed by atoms with Gasteiger partial charge >= 0.3 is 0 Å². The molecule has 4 rings (SSSR count). The van der Waals surface area contributed by atoms with Gasteiger partial charge in [-0.3, -0.25) is 4.79 Å². The van der Waals surface area contributed by atoms with Crippen molar-refractivity contribution in [3.8, 4) is 12.3 Å². The van der Waals surface area contributed by atoms with Crippen LogP contribution in [-0.2, 0) is 17.8 Å². The molecule has 1 aromatic heterocycles. The summed E-state index contributed by atoms with van der Waals surface area (Å²) in [6.07, 6.45) is 5.82. The van der Waals surface area contributed by atoms with Crippen LogP contribution in [0.1, 0.15) is 11.1 Å². The molecule has 1 heterocycles. The Balaban J connectivity index is 1.77. The van der Waals surface area contributed by atoms with E-state index in [1.54, 1.807) is 0 Å². The van der Waals surface area contributed by atoms with E-state index in [-0.39, 0.29) is 12.3 Å². The highest BCUT2D eigenvalue weighted by molar-refractivity contribution is 7.16. The SMILES string of the molecule is C#CCn1c(=NC(=O)Cc2cccc3ccccc23)sc2cccc(C)c21. The van der Waals surface area contributed by atoms with E-state index < -0.39 is 0 Å². The lowest BCUT2D eigenvalue weighted by Gasteiger charge is -2.04. The summed E-state index contributed by atoms with van der Waals surface area (Å²) >= 11 is 1.50. The minimum absolute atomic E-state index is 0.165. The second-order valence-electron chi connectivity index (χ2n) is 6.42. The summed E-state index contributed by atoms with van der Waals surface area (Å²) in [6, 6.07) is 20.2.